The summed E-state index contributed by atoms with van der Waals surface area (Å²) < 4.78 is 0. The van der Waals surface area contributed by atoms with Crippen molar-refractivity contribution in [2.45, 2.75) is 32.2 Å². The van der Waals surface area contributed by atoms with E-state index in [1.165, 1.54) is 0 Å². The molecule has 0 spiro atoms. The Morgan fingerprint density at radius 1 is 1.11 bits per heavy atom. The van der Waals surface area contributed by atoms with Crippen LogP contribution in [0.25, 0.3) is 0 Å². The van der Waals surface area contributed by atoms with Crippen molar-refractivity contribution in [1.82, 2.24) is 5.32 Å². The van der Waals surface area contributed by atoms with E-state index in [1.54, 1.807) is 12.1 Å². The third kappa shape index (κ3) is 5.33. The van der Waals surface area contributed by atoms with E-state index in [9.17, 15) is 9.59 Å². The zero-order chi connectivity index (χ0) is 19.2. The molecule has 28 heavy (non-hydrogen) atoms. The van der Waals surface area contributed by atoms with Crippen molar-refractivity contribution in [1.29, 1.82) is 0 Å². The number of anilines is 1. The van der Waals surface area contributed by atoms with Crippen molar-refractivity contribution in [3.05, 3.63) is 65.7 Å². The molecule has 1 aliphatic carbocycles. The third-order valence-electron chi connectivity index (χ3n) is 5.34. The van der Waals surface area contributed by atoms with E-state index < -0.39 is 0 Å². The van der Waals surface area contributed by atoms with E-state index in [1.807, 2.05) is 49.4 Å². The average Bonchev–Trinajstić information content (AvgIpc) is 3.18. The molecule has 3 rings (SSSR count). The second-order valence-corrected chi connectivity index (χ2v) is 7.21. The van der Waals surface area contributed by atoms with Gasteiger partial charge in [0, 0.05) is 17.2 Å². The second-order valence-electron chi connectivity index (χ2n) is 7.21. The molecule has 1 unspecified atom stereocenters. The van der Waals surface area contributed by atoms with E-state index in [0.29, 0.717) is 17.8 Å². The number of carbonyl (C=O) groups is 2. The van der Waals surface area contributed by atoms with Gasteiger partial charge in [0.25, 0.3) is 5.91 Å². The van der Waals surface area contributed by atoms with Gasteiger partial charge in [-0.05, 0) is 62.1 Å². The van der Waals surface area contributed by atoms with Crippen molar-refractivity contribution in [3.8, 4) is 0 Å². The summed E-state index contributed by atoms with van der Waals surface area (Å²) in [5.74, 6) is 0.225. The van der Waals surface area contributed by atoms with Gasteiger partial charge in [-0.1, -0.05) is 36.8 Å². The van der Waals surface area contributed by atoms with Gasteiger partial charge in [-0.3, -0.25) is 9.59 Å². The molecule has 0 bridgehead atoms. The lowest BCUT2D eigenvalue weighted by atomic mass is 9.94. The molecule has 1 saturated carbocycles. The van der Waals surface area contributed by atoms with Gasteiger partial charge in [0.15, 0.2) is 0 Å². The van der Waals surface area contributed by atoms with E-state index in [-0.39, 0.29) is 42.1 Å². The van der Waals surface area contributed by atoms with E-state index in [2.05, 4.69) is 10.6 Å². The molecule has 0 aromatic heterocycles. The molecule has 0 saturated heterocycles. The highest BCUT2D eigenvalue weighted by Crippen LogP contribution is 2.31. The standard InChI is InChI=1S/C22H27N3O2.ClH/c1-15(24-22(27)20-12-6-10-18(20)14-23)17-9-5-11-19(13-17)25-21(26)16-7-3-2-4-8-16;/h2-5,7-9,11,13,15,18,20H,6,10,12,14,23H2,1H3,(H,24,27)(H,25,26);1H/t15?,18-,20-;/m1./s1. The average molecular weight is 402 g/mol. The third-order valence-corrected chi connectivity index (χ3v) is 5.34. The number of hydrogen-bond donors (Lipinski definition) is 3. The number of carbonyl (C=O) groups excluding carboxylic acids is 2. The van der Waals surface area contributed by atoms with Crippen molar-refractivity contribution < 1.29 is 9.59 Å². The number of benzene rings is 2. The van der Waals surface area contributed by atoms with E-state index >= 15 is 0 Å². The van der Waals surface area contributed by atoms with Gasteiger partial charge in [-0.15, -0.1) is 12.4 Å². The summed E-state index contributed by atoms with van der Waals surface area (Å²) in [5, 5.41) is 6.02. The fourth-order valence-electron chi connectivity index (χ4n) is 3.75. The normalized spacial score (nSPS) is 19.4. The van der Waals surface area contributed by atoms with Gasteiger partial charge in [0.1, 0.15) is 0 Å². The largest absolute Gasteiger partial charge is 0.349 e. The zero-order valence-electron chi connectivity index (χ0n) is 16.1. The Morgan fingerprint density at radius 2 is 1.86 bits per heavy atom. The molecule has 1 fully saturated rings. The van der Waals surface area contributed by atoms with Gasteiger partial charge >= 0.3 is 0 Å². The van der Waals surface area contributed by atoms with Gasteiger partial charge < -0.3 is 16.4 Å². The molecule has 3 atom stereocenters. The van der Waals surface area contributed by atoms with Crippen LogP contribution in [0.4, 0.5) is 5.69 Å². The Hall–Kier alpha value is -2.37. The maximum absolute atomic E-state index is 12.6. The first-order valence-electron chi connectivity index (χ1n) is 9.55. The summed E-state index contributed by atoms with van der Waals surface area (Å²) in [6.45, 7) is 2.52. The zero-order valence-corrected chi connectivity index (χ0v) is 16.9. The van der Waals surface area contributed by atoms with Gasteiger partial charge in [-0.25, -0.2) is 0 Å². The van der Waals surface area contributed by atoms with Crippen molar-refractivity contribution in [3.63, 3.8) is 0 Å². The summed E-state index contributed by atoms with van der Waals surface area (Å²) in [5.41, 5.74) is 8.07. The fraction of sp³-hybridized carbons (Fsp3) is 0.364. The highest BCUT2D eigenvalue weighted by atomic mass is 35.5. The lowest BCUT2D eigenvalue weighted by Gasteiger charge is -2.21. The Labute approximate surface area is 172 Å². The monoisotopic (exact) mass is 401 g/mol. The quantitative estimate of drug-likeness (QED) is 0.686. The molecule has 0 radical (unpaired) electrons. The van der Waals surface area contributed by atoms with E-state index in [0.717, 1.165) is 24.8 Å². The first-order valence-corrected chi connectivity index (χ1v) is 9.55. The molecule has 150 valence electrons. The molecule has 1 aliphatic rings. The summed E-state index contributed by atoms with van der Waals surface area (Å²) >= 11 is 0. The highest BCUT2D eigenvalue weighted by molar-refractivity contribution is 6.04. The lowest BCUT2D eigenvalue weighted by Crippen LogP contribution is -2.36. The smallest absolute Gasteiger partial charge is 0.255 e. The topological polar surface area (TPSA) is 84.2 Å². The fourth-order valence-corrected chi connectivity index (χ4v) is 3.75. The minimum atomic E-state index is -0.152. The lowest BCUT2D eigenvalue weighted by molar-refractivity contribution is -0.126. The summed E-state index contributed by atoms with van der Waals surface area (Å²) in [6, 6.07) is 16.6. The number of hydrogen-bond acceptors (Lipinski definition) is 3. The highest BCUT2D eigenvalue weighted by Gasteiger charge is 2.32. The van der Waals surface area contributed by atoms with Crippen LogP contribution in [0, 0.1) is 11.8 Å². The maximum atomic E-state index is 12.6. The predicted octanol–water partition coefficient (Wildman–Crippen LogP) is 3.91. The molecule has 2 aromatic rings. The van der Waals surface area contributed by atoms with Crippen LogP contribution < -0.4 is 16.4 Å². The minimum Gasteiger partial charge on any atom is -0.349 e. The molecule has 6 heteroatoms. The molecule has 4 N–H and O–H groups in total. The molecule has 2 aromatic carbocycles. The van der Waals surface area contributed by atoms with Crippen LogP contribution in [0.15, 0.2) is 54.6 Å². The maximum Gasteiger partial charge on any atom is 0.255 e. The molecule has 5 nitrogen and oxygen atoms in total. The molecular weight excluding hydrogens is 374 g/mol. The van der Waals surface area contributed by atoms with Crippen molar-refractivity contribution in [2.75, 3.05) is 11.9 Å². The predicted molar refractivity (Wildman–Crippen MR) is 115 cm³/mol. The second kappa shape index (κ2) is 10.2. The first-order chi connectivity index (χ1) is 13.1. The molecular formula is C22H28ClN3O2. The molecule has 0 aliphatic heterocycles. The Bertz CT molecular complexity index is 797. The van der Waals surface area contributed by atoms with Crippen LogP contribution in [0.2, 0.25) is 0 Å². The van der Waals surface area contributed by atoms with Crippen LogP contribution in [0.5, 0.6) is 0 Å². The SMILES string of the molecule is CC(NC(=O)[C@@H]1CCC[C@@H]1CN)c1cccc(NC(=O)c2ccccc2)c1.Cl. The van der Waals surface area contributed by atoms with Crippen molar-refractivity contribution >= 4 is 29.9 Å². The van der Waals surface area contributed by atoms with Gasteiger partial charge in [-0.2, -0.15) is 0 Å². The molecule has 2 amide bonds. The first kappa shape index (κ1) is 21.9. The Morgan fingerprint density at radius 3 is 2.57 bits per heavy atom. The van der Waals surface area contributed by atoms with E-state index in [4.69, 9.17) is 5.73 Å². The number of rotatable bonds is 6. The number of nitrogens with two attached hydrogens (primary N) is 1. The van der Waals surface area contributed by atoms with Crippen molar-refractivity contribution in [2.24, 2.45) is 17.6 Å². The summed E-state index contributed by atoms with van der Waals surface area (Å²) in [7, 11) is 0. The summed E-state index contributed by atoms with van der Waals surface area (Å²) in [6.07, 6.45) is 3.01. The summed E-state index contributed by atoms with van der Waals surface area (Å²) in [4.78, 5) is 24.9. The number of halogens is 1. The van der Waals surface area contributed by atoms with Gasteiger partial charge in [0.05, 0.1) is 6.04 Å². The van der Waals surface area contributed by atoms with Crippen LogP contribution in [-0.4, -0.2) is 18.4 Å². The molecule has 0 heterocycles. The van der Waals surface area contributed by atoms with Crippen LogP contribution in [0.1, 0.15) is 48.1 Å². The number of amides is 2. The Balaban J connectivity index is 0.00000280. The van der Waals surface area contributed by atoms with Crippen LogP contribution in [0.3, 0.4) is 0 Å². The number of nitrogens with one attached hydrogen (secondary N) is 2. The minimum absolute atomic E-state index is 0. The van der Waals surface area contributed by atoms with Crippen LogP contribution >= 0.6 is 12.4 Å². The van der Waals surface area contributed by atoms with Crippen LogP contribution in [-0.2, 0) is 4.79 Å². The Kier molecular flexibility index (Phi) is 8.03. The van der Waals surface area contributed by atoms with Gasteiger partial charge in [0.2, 0.25) is 5.91 Å².